The molecule has 0 spiro atoms. The fraction of sp³-hybridized carbons (Fsp3) is 0.286. The summed E-state index contributed by atoms with van der Waals surface area (Å²) >= 11 is 4.10. The van der Waals surface area contributed by atoms with Crippen LogP contribution in [0.25, 0.3) is 0 Å². The number of thiol groups is 1. The van der Waals surface area contributed by atoms with E-state index in [0.29, 0.717) is 6.67 Å². The molecular weight excluding hydrogens is 258 g/mol. The zero-order chi connectivity index (χ0) is 13.8. The lowest BCUT2D eigenvalue weighted by atomic mass is 10.1. The Labute approximate surface area is 118 Å². The third-order valence-corrected chi connectivity index (χ3v) is 3.26. The Bertz CT molecular complexity index is 546. The molecule has 5 heteroatoms. The Hall–Kier alpha value is -1.75. The summed E-state index contributed by atoms with van der Waals surface area (Å²) in [5.41, 5.74) is 3.08. The van der Waals surface area contributed by atoms with Gasteiger partial charge in [-0.15, -0.1) is 0 Å². The summed E-state index contributed by atoms with van der Waals surface area (Å²) in [5, 5.41) is 4.16. The van der Waals surface area contributed by atoms with Crippen molar-refractivity contribution in [3.8, 4) is 0 Å². The smallest absolute Gasteiger partial charge is 0.238 e. The van der Waals surface area contributed by atoms with Crippen molar-refractivity contribution in [3.63, 3.8) is 0 Å². The number of carbonyl (C=O) groups excluding carboxylic acids is 1. The van der Waals surface area contributed by atoms with Crippen molar-refractivity contribution in [2.45, 2.75) is 20.5 Å². The van der Waals surface area contributed by atoms with Gasteiger partial charge in [0.25, 0.3) is 0 Å². The minimum Gasteiger partial charge on any atom is -0.291 e. The molecule has 0 aliphatic heterocycles. The summed E-state index contributed by atoms with van der Waals surface area (Å²) in [6, 6.07) is 7.84. The molecule has 0 bridgehead atoms. The Morgan fingerprint density at radius 1 is 1.32 bits per heavy atom. The van der Waals surface area contributed by atoms with Gasteiger partial charge in [0.05, 0.1) is 11.4 Å². The number of rotatable bonds is 4. The van der Waals surface area contributed by atoms with Gasteiger partial charge >= 0.3 is 0 Å². The number of hydrogen-bond donors (Lipinski definition) is 1. The molecule has 0 fully saturated rings. The van der Waals surface area contributed by atoms with Crippen LogP contribution < -0.4 is 4.90 Å². The molecule has 0 saturated heterocycles. The van der Waals surface area contributed by atoms with Gasteiger partial charge in [-0.3, -0.25) is 14.4 Å². The Kier molecular flexibility index (Phi) is 4.27. The molecule has 0 saturated carbocycles. The van der Waals surface area contributed by atoms with Crippen LogP contribution in [-0.4, -0.2) is 21.4 Å². The van der Waals surface area contributed by atoms with Crippen molar-refractivity contribution >= 4 is 24.2 Å². The van der Waals surface area contributed by atoms with E-state index in [1.165, 1.54) is 0 Å². The summed E-state index contributed by atoms with van der Waals surface area (Å²) < 4.78 is 1.73. The number of amides is 1. The second-order valence-electron chi connectivity index (χ2n) is 4.41. The third kappa shape index (κ3) is 2.98. The van der Waals surface area contributed by atoms with Crippen LogP contribution in [0.2, 0.25) is 0 Å². The van der Waals surface area contributed by atoms with E-state index in [1.54, 1.807) is 15.8 Å². The Morgan fingerprint density at radius 3 is 2.53 bits per heavy atom. The van der Waals surface area contributed by atoms with Crippen LogP contribution in [0, 0.1) is 13.8 Å². The van der Waals surface area contributed by atoms with E-state index < -0.39 is 0 Å². The van der Waals surface area contributed by atoms with Crippen molar-refractivity contribution in [1.29, 1.82) is 0 Å². The molecule has 1 aromatic heterocycles. The molecule has 0 aliphatic carbocycles. The number of carbonyl (C=O) groups is 1. The van der Waals surface area contributed by atoms with E-state index in [4.69, 9.17) is 0 Å². The van der Waals surface area contributed by atoms with Gasteiger partial charge in [0, 0.05) is 12.4 Å². The first-order chi connectivity index (χ1) is 9.13. The topological polar surface area (TPSA) is 38.1 Å². The predicted octanol–water partition coefficient (Wildman–Crippen LogP) is 2.42. The lowest BCUT2D eigenvalue weighted by Gasteiger charge is -2.25. The number of aryl methyl sites for hydroxylation is 2. The highest BCUT2D eigenvalue weighted by Gasteiger charge is 2.18. The monoisotopic (exact) mass is 275 g/mol. The molecule has 0 atom stereocenters. The molecule has 2 aromatic rings. The largest absolute Gasteiger partial charge is 0.291 e. The maximum absolute atomic E-state index is 12.2. The van der Waals surface area contributed by atoms with Gasteiger partial charge in [-0.25, -0.2) is 0 Å². The van der Waals surface area contributed by atoms with Crippen molar-refractivity contribution < 1.29 is 4.79 Å². The number of para-hydroxylation sites is 1. The Balaban J connectivity index is 2.40. The molecule has 4 nitrogen and oxygen atoms in total. The van der Waals surface area contributed by atoms with Crippen LogP contribution in [0.3, 0.4) is 0 Å². The van der Waals surface area contributed by atoms with Crippen LogP contribution in [0.5, 0.6) is 0 Å². The molecule has 1 heterocycles. The second-order valence-corrected chi connectivity index (χ2v) is 4.72. The summed E-state index contributed by atoms with van der Waals surface area (Å²) in [5.74, 6) is 0.144. The van der Waals surface area contributed by atoms with Crippen molar-refractivity contribution in [2.24, 2.45) is 0 Å². The number of aromatic nitrogens is 2. The molecule has 100 valence electrons. The molecule has 19 heavy (non-hydrogen) atoms. The van der Waals surface area contributed by atoms with Gasteiger partial charge in [-0.1, -0.05) is 18.2 Å². The number of benzene rings is 1. The summed E-state index contributed by atoms with van der Waals surface area (Å²) in [6.07, 6.45) is 3.54. The highest BCUT2D eigenvalue weighted by atomic mass is 32.1. The molecule has 0 N–H and O–H groups in total. The maximum atomic E-state index is 12.2. The fourth-order valence-electron chi connectivity index (χ4n) is 2.12. The van der Waals surface area contributed by atoms with Gasteiger partial charge < -0.3 is 0 Å². The highest BCUT2D eigenvalue weighted by molar-refractivity contribution is 7.81. The lowest BCUT2D eigenvalue weighted by Crippen LogP contribution is -2.35. The van der Waals surface area contributed by atoms with Crippen LogP contribution >= 0.6 is 12.6 Å². The first-order valence-electron chi connectivity index (χ1n) is 6.08. The van der Waals surface area contributed by atoms with Gasteiger partial charge in [0.2, 0.25) is 5.91 Å². The van der Waals surface area contributed by atoms with E-state index in [1.807, 2.05) is 44.3 Å². The van der Waals surface area contributed by atoms with Crippen molar-refractivity contribution in [1.82, 2.24) is 9.78 Å². The van der Waals surface area contributed by atoms with E-state index in [2.05, 4.69) is 17.7 Å². The normalized spacial score (nSPS) is 10.5. The molecule has 2 rings (SSSR count). The van der Waals surface area contributed by atoms with E-state index in [0.717, 1.165) is 16.8 Å². The number of anilines is 1. The molecule has 0 unspecified atom stereocenters. The van der Waals surface area contributed by atoms with E-state index in [-0.39, 0.29) is 11.7 Å². The predicted molar refractivity (Wildman–Crippen MR) is 79.5 cm³/mol. The van der Waals surface area contributed by atoms with E-state index in [9.17, 15) is 4.79 Å². The lowest BCUT2D eigenvalue weighted by molar-refractivity contribution is -0.116. The first kappa shape index (κ1) is 13.7. The van der Waals surface area contributed by atoms with Crippen LogP contribution in [0.15, 0.2) is 36.7 Å². The highest BCUT2D eigenvalue weighted by Crippen LogP contribution is 2.25. The van der Waals surface area contributed by atoms with Gasteiger partial charge in [0.15, 0.2) is 0 Å². The maximum Gasteiger partial charge on any atom is 0.238 e. The fourth-order valence-corrected chi connectivity index (χ4v) is 2.29. The molecule has 1 amide bonds. The van der Waals surface area contributed by atoms with Gasteiger partial charge in [-0.05, 0) is 31.0 Å². The minimum absolute atomic E-state index is 0.0313. The van der Waals surface area contributed by atoms with Crippen LogP contribution in [0.4, 0.5) is 5.69 Å². The molecule has 0 radical (unpaired) electrons. The molecule has 1 aromatic carbocycles. The zero-order valence-electron chi connectivity index (χ0n) is 11.1. The van der Waals surface area contributed by atoms with Gasteiger partial charge in [-0.2, -0.15) is 17.7 Å². The minimum atomic E-state index is -0.0313. The molecule has 0 aliphatic rings. The van der Waals surface area contributed by atoms with Crippen LogP contribution in [0.1, 0.15) is 11.1 Å². The average molecular weight is 275 g/mol. The summed E-state index contributed by atoms with van der Waals surface area (Å²) in [4.78, 5) is 13.9. The molecular formula is C14H17N3OS. The first-order valence-corrected chi connectivity index (χ1v) is 6.71. The summed E-state index contributed by atoms with van der Waals surface area (Å²) in [6.45, 7) is 4.41. The van der Waals surface area contributed by atoms with E-state index >= 15 is 0 Å². The Morgan fingerprint density at radius 2 is 2.00 bits per heavy atom. The van der Waals surface area contributed by atoms with Crippen molar-refractivity contribution in [3.05, 3.63) is 47.8 Å². The average Bonchev–Trinajstić information content (AvgIpc) is 2.89. The number of nitrogens with zero attached hydrogens (tertiary/aromatic N) is 3. The zero-order valence-corrected chi connectivity index (χ0v) is 12.0. The second kappa shape index (κ2) is 5.93. The SMILES string of the molecule is Cc1cccc(C)c1N(Cn1cccn1)C(=O)CS. The number of hydrogen-bond acceptors (Lipinski definition) is 3. The van der Waals surface area contributed by atoms with Gasteiger partial charge in [0.1, 0.15) is 6.67 Å². The van der Waals surface area contributed by atoms with Crippen LogP contribution in [-0.2, 0) is 11.5 Å². The standard InChI is InChI=1S/C14H17N3OS/c1-11-5-3-6-12(2)14(11)17(13(18)9-19)10-16-8-4-7-15-16/h3-8,19H,9-10H2,1-2H3. The third-order valence-electron chi connectivity index (χ3n) is 2.99. The van der Waals surface area contributed by atoms with Crippen molar-refractivity contribution in [2.75, 3.05) is 10.7 Å². The quantitative estimate of drug-likeness (QED) is 0.870. The summed E-state index contributed by atoms with van der Waals surface area (Å²) in [7, 11) is 0.